The minimum absolute atomic E-state index is 1.24. The molecule has 0 aliphatic rings. The van der Waals surface area contributed by atoms with Crippen molar-refractivity contribution >= 4 is 0 Å². The Morgan fingerprint density at radius 1 is 0.812 bits per heavy atom. The number of hydrogen-bond donors (Lipinski definition) is 0. The molecule has 1 nitrogen and oxygen atoms in total. The van der Waals surface area contributed by atoms with Crippen LogP contribution in [0.15, 0.2) is 24.5 Å². The maximum absolute atomic E-state index is 3.06. The SMILES string of the molecule is CCCCCCCCCCc1cc[nH+]cc1. The minimum atomic E-state index is 1.24. The zero-order valence-corrected chi connectivity index (χ0v) is 10.7. The summed E-state index contributed by atoms with van der Waals surface area (Å²) in [5.41, 5.74) is 1.46. The van der Waals surface area contributed by atoms with Crippen molar-refractivity contribution in [3.63, 3.8) is 0 Å². The zero-order chi connectivity index (χ0) is 11.5. The third-order valence-electron chi connectivity index (χ3n) is 3.11. The molecule has 1 heteroatoms. The van der Waals surface area contributed by atoms with Gasteiger partial charge in [0.1, 0.15) is 0 Å². The molecule has 0 atom stereocenters. The van der Waals surface area contributed by atoms with Gasteiger partial charge in [-0.25, -0.2) is 4.98 Å². The van der Waals surface area contributed by atoms with Crippen LogP contribution in [0.2, 0.25) is 0 Å². The van der Waals surface area contributed by atoms with Crippen LogP contribution in [-0.2, 0) is 6.42 Å². The molecule has 0 unspecified atom stereocenters. The molecule has 1 rings (SSSR count). The van der Waals surface area contributed by atoms with Crippen LogP contribution in [0.3, 0.4) is 0 Å². The number of aromatic nitrogens is 1. The summed E-state index contributed by atoms with van der Waals surface area (Å²) in [4.78, 5) is 3.06. The molecule has 1 aromatic heterocycles. The van der Waals surface area contributed by atoms with Gasteiger partial charge in [0.2, 0.25) is 0 Å². The molecule has 0 aromatic carbocycles. The second kappa shape index (κ2) is 9.38. The monoisotopic (exact) mass is 220 g/mol. The van der Waals surface area contributed by atoms with Gasteiger partial charge in [-0.2, -0.15) is 0 Å². The molecule has 0 saturated carbocycles. The van der Waals surface area contributed by atoms with Crippen LogP contribution in [0.1, 0.15) is 63.9 Å². The normalized spacial score (nSPS) is 10.6. The van der Waals surface area contributed by atoms with Gasteiger partial charge in [0, 0.05) is 12.1 Å². The predicted octanol–water partition coefficient (Wildman–Crippen LogP) is 4.18. The third-order valence-corrected chi connectivity index (χ3v) is 3.11. The Morgan fingerprint density at radius 2 is 1.38 bits per heavy atom. The fraction of sp³-hybridized carbons (Fsp3) is 0.667. The number of hydrogen-bond acceptors (Lipinski definition) is 0. The van der Waals surface area contributed by atoms with Crippen LogP contribution in [0, 0.1) is 0 Å². The summed E-state index contributed by atoms with van der Waals surface area (Å²) in [6.07, 6.45) is 16.5. The first-order chi connectivity index (χ1) is 7.93. The maximum atomic E-state index is 3.06. The summed E-state index contributed by atoms with van der Waals surface area (Å²) < 4.78 is 0. The lowest BCUT2D eigenvalue weighted by molar-refractivity contribution is -0.378. The van der Waals surface area contributed by atoms with E-state index in [0.717, 1.165) is 0 Å². The first-order valence-electron chi connectivity index (χ1n) is 6.88. The minimum Gasteiger partial charge on any atom is -0.218 e. The van der Waals surface area contributed by atoms with Crippen LogP contribution in [0.4, 0.5) is 0 Å². The van der Waals surface area contributed by atoms with Gasteiger partial charge in [-0.1, -0.05) is 51.9 Å². The average Bonchev–Trinajstić information content (AvgIpc) is 2.34. The maximum Gasteiger partial charge on any atom is 0.167 e. The number of aromatic amines is 1. The first-order valence-corrected chi connectivity index (χ1v) is 6.88. The van der Waals surface area contributed by atoms with Crippen molar-refractivity contribution in [3.8, 4) is 0 Å². The Morgan fingerprint density at radius 3 is 2.00 bits per heavy atom. The topological polar surface area (TPSA) is 14.1 Å². The second-order valence-corrected chi connectivity index (χ2v) is 4.63. The summed E-state index contributed by atoms with van der Waals surface area (Å²) in [5, 5.41) is 0. The average molecular weight is 220 g/mol. The fourth-order valence-electron chi connectivity index (χ4n) is 2.05. The molecule has 0 radical (unpaired) electrons. The summed E-state index contributed by atoms with van der Waals surface area (Å²) in [6.45, 7) is 2.28. The molecule has 0 fully saturated rings. The van der Waals surface area contributed by atoms with Crippen LogP contribution in [-0.4, -0.2) is 0 Å². The largest absolute Gasteiger partial charge is 0.218 e. The molecule has 1 aromatic rings. The number of pyridine rings is 1. The molecule has 0 bridgehead atoms. The lowest BCUT2D eigenvalue weighted by Crippen LogP contribution is -1.98. The van der Waals surface area contributed by atoms with E-state index in [2.05, 4.69) is 24.0 Å². The van der Waals surface area contributed by atoms with Crippen molar-refractivity contribution in [2.45, 2.75) is 64.7 Å². The van der Waals surface area contributed by atoms with Crippen molar-refractivity contribution < 1.29 is 4.98 Å². The summed E-state index contributed by atoms with van der Waals surface area (Å²) >= 11 is 0. The van der Waals surface area contributed by atoms with Gasteiger partial charge in [-0.3, -0.25) is 0 Å². The van der Waals surface area contributed by atoms with E-state index in [4.69, 9.17) is 0 Å². The highest BCUT2D eigenvalue weighted by atomic mass is 14.6. The molecule has 0 aliphatic carbocycles. The molecule has 16 heavy (non-hydrogen) atoms. The van der Waals surface area contributed by atoms with Gasteiger partial charge in [0.05, 0.1) is 0 Å². The van der Waals surface area contributed by atoms with Crippen LogP contribution < -0.4 is 4.98 Å². The van der Waals surface area contributed by atoms with E-state index in [1.54, 1.807) is 0 Å². The standard InChI is InChI=1S/C15H25N/c1-2-3-4-5-6-7-8-9-10-15-11-13-16-14-12-15/h11-14H,2-10H2,1H3/p+1. The predicted molar refractivity (Wildman–Crippen MR) is 69.3 cm³/mol. The number of rotatable bonds is 9. The fourth-order valence-corrected chi connectivity index (χ4v) is 2.05. The van der Waals surface area contributed by atoms with Crippen LogP contribution in [0.5, 0.6) is 0 Å². The van der Waals surface area contributed by atoms with Crippen molar-refractivity contribution in [3.05, 3.63) is 30.1 Å². The van der Waals surface area contributed by atoms with Crippen molar-refractivity contribution in [2.75, 3.05) is 0 Å². The molecule has 0 saturated heterocycles. The summed E-state index contributed by atoms with van der Waals surface area (Å²) in [5.74, 6) is 0. The third kappa shape index (κ3) is 6.60. The number of H-pyrrole nitrogens is 1. The van der Waals surface area contributed by atoms with E-state index in [1.807, 2.05) is 12.4 Å². The van der Waals surface area contributed by atoms with E-state index in [9.17, 15) is 0 Å². The Balaban J connectivity index is 1.89. The summed E-state index contributed by atoms with van der Waals surface area (Å²) in [7, 11) is 0. The van der Waals surface area contributed by atoms with E-state index in [1.165, 1.54) is 63.4 Å². The van der Waals surface area contributed by atoms with Gasteiger partial charge < -0.3 is 0 Å². The lowest BCUT2D eigenvalue weighted by Gasteiger charge is -2.01. The van der Waals surface area contributed by atoms with E-state index in [-0.39, 0.29) is 0 Å². The summed E-state index contributed by atoms with van der Waals surface area (Å²) in [6, 6.07) is 4.36. The molecule has 0 aliphatic heterocycles. The van der Waals surface area contributed by atoms with Crippen LogP contribution >= 0.6 is 0 Å². The Kier molecular flexibility index (Phi) is 7.75. The highest BCUT2D eigenvalue weighted by Gasteiger charge is 1.94. The van der Waals surface area contributed by atoms with E-state index in [0.29, 0.717) is 0 Å². The number of aryl methyl sites for hydroxylation is 1. The second-order valence-electron chi connectivity index (χ2n) is 4.63. The van der Waals surface area contributed by atoms with Gasteiger partial charge in [0.25, 0.3) is 0 Å². The highest BCUT2D eigenvalue weighted by Crippen LogP contribution is 2.10. The molecule has 90 valence electrons. The van der Waals surface area contributed by atoms with Crippen molar-refractivity contribution in [1.82, 2.24) is 0 Å². The van der Waals surface area contributed by atoms with E-state index < -0.39 is 0 Å². The molecule has 0 amide bonds. The number of nitrogens with one attached hydrogen (secondary N) is 1. The molecule has 1 N–H and O–H groups in total. The Bertz CT molecular complexity index is 243. The Hall–Kier alpha value is -0.850. The van der Waals surface area contributed by atoms with Gasteiger partial charge in [0.15, 0.2) is 12.4 Å². The van der Waals surface area contributed by atoms with E-state index >= 15 is 0 Å². The van der Waals surface area contributed by atoms with Gasteiger partial charge in [-0.05, 0) is 18.4 Å². The zero-order valence-electron chi connectivity index (χ0n) is 10.7. The number of unbranched alkanes of at least 4 members (excludes halogenated alkanes) is 7. The Labute approximate surface area is 100 Å². The smallest absolute Gasteiger partial charge is 0.167 e. The molecule has 1 heterocycles. The molecule has 0 spiro atoms. The first kappa shape index (κ1) is 13.2. The molecular formula is C15H26N+. The quantitative estimate of drug-likeness (QED) is 0.554. The molecular weight excluding hydrogens is 194 g/mol. The highest BCUT2D eigenvalue weighted by molar-refractivity contribution is 5.06. The lowest BCUT2D eigenvalue weighted by atomic mass is 10.0. The van der Waals surface area contributed by atoms with Gasteiger partial charge >= 0.3 is 0 Å². The van der Waals surface area contributed by atoms with Gasteiger partial charge in [-0.15, -0.1) is 0 Å². The van der Waals surface area contributed by atoms with Crippen molar-refractivity contribution in [2.24, 2.45) is 0 Å². The van der Waals surface area contributed by atoms with Crippen molar-refractivity contribution in [1.29, 1.82) is 0 Å². The van der Waals surface area contributed by atoms with Crippen LogP contribution in [0.25, 0.3) is 0 Å².